The number of aliphatic hydroxyl groups is 1. The second kappa shape index (κ2) is 15.2. The Morgan fingerprint density at radius 2 is 1.09 bits per heavy atom. The Balaban J connectivity index is 0.000000568. The van der Waals surface area contributed by atoms with Crippen molar-refractivity contribution in [3.8, 4) is 11.5 Å². The van der Waals surface area contributed by atoms with Crippen LogP contribution in [0.5, 0.6) is 11.5 Å². The average molecular weight is 492 g/mol. The molecule has 0 spiro atoms. The fourth-order valence-electron chi connectivity index (χ4n) is 5.09. The minimum Gasteiger partial charge on any atom is -0.508 e. The Morgan fingerprint density at radius 1 is 0.636 bits per heavy atom. The number of rotatable bonds is 8. The van der Waals surface area contributed by atoms with Crippen LogP contribution in [0.3, 0.4) is 0 Å². The minimum absolute atomic E-state index is 0. The number of phenols is 2. The number of benzene rings is 2. The molecule has 0 amide bonds. The Morgan fingerprint density at radius 3 is 1.52 bits per heavy atom. The van der Waals surface area contributed by atoms with Gasteiger partial charge in [-0.3, -0.25) is 0 Å². The van der Waals surface area contributed by atoms with Crippen LogP contribution in [0.25, 0.3) is 5.57 Å². The van der Waals surface area contributed by atoms with Gasteiger partial charge in [-0.1, -0.05) is 81.2 Å². The van der Waals surface area contributed by atoms with E-state index in [1.807, 2.05) is 24.3 Å². The van der Waals surface area contributed by atoms with E-state index in [0.717, 1.165) is 36.8 Å². The molecule has 2 aliphatic carbocycles. The van der Waals surface area contributed by atoms with Gasteiger partial charge in [0, 0.05) is 23.7 Å². The molecule has 182 valence electrons. The molecule has 3 nitrogen and oxygen atoms in total. The molecule has 0 saturated heterocycles. The summed E-state index contributed by atoms with van der Waals surface area (Å²) in [6.45, 7) is 0.255. The first-order chi connectivity index (χ1) is 15.7. The van der Waals surface area contributed by atoms with Crippen LogP contribution in [-0.4, -0.2) is 21.9 Å². The van der Waals surface area contributed by atoms with E-state index in [0.29, 0.717) is 5.92 Å². The standard InChI is InChI=1S/C24H30O3.C5H10.Fe/c25-17-5-1-2-8-23(18-6-3-4-7-18)24(19-9-13-21(26)14-10-19)20-11-15-22(27)16-12-20;1-2-4-5-3-1;/h9-16,18,25-27H,1-8,17H2;1-5H2;. The smallest absolute Gasteiger partial charge is 0.115 e. The summed E-state index contributed by atoms with van der Waals surface area (Å²) in [7, 11) is 0. The van der Waals surface area contributed by atoms with Crippen LogP contribution in [0.1, 0.15) is 94.6 Å². The molecule has 4 rings (SSSR count). The van der Waals surface area contributed by atoms with Gasteiger partial charge in [0.1, 0.15) is 11.5 Å². The molecule has 3 N–H and O–H groups in total. The third-order valence-electron chi connectivity index (χ3n) is 6.84. The van der Waals surface area contributed by atoms with Crippen molar-refractivity contribution in [2.24, 2.45) is 5.92 Å². The molecular formula is C29H40FeO3. The molecule has 0 radical (unpaired) electrons. The van der Waals surface area contributed by atoms with Crippen LogP contribution in [0.15, 0.2) is 54.1 Å². The summed E-state index contributed by atoms with van der Waals surface area (Å²) in [5.41, 5.74) is 4.96. The van der Waals surface area contributed by atoms with Crippen LogP contribution in [0, 0.1) is 5.92 Å². The quantitative estimate of drug-likeness (QED) is 0.263. The molecule has 2 aromatic rings. The van der Waals surface area contributed by atoms with Crippen molar-refractivity contribution < 1.29 is 32.4 Å². The van der Waals surface area contributed by atoms with Crippen LogP contribution < -0.4 is 0 Å². The first-order valence-corrected chi connectivity index (χ1v) is 12.6. The number of allylic oxidation sites excluding steroid dienone is 1. The molecule has 2 fully saturated rings. The monoisotopic (exact) mass is 492 g/mol. The van der Waals surface area contributed by atoms with E-state index in [-0.39, 0.29) is 35.2 Å². The van der Waals surface area contributed by atoms with E-state index in [4.69, 9.17) is 5.11 Å². The average Bonchev–Trinajstić information content (AvgIpc) is 3.55. The molecule has 0 aromatic heterocycles. The molecule has 0 heterocycles. The fraction of sp³-hybridized carbons (Fsp3) is 0.517. The Labute approximate surface area is 210 Å². The van der Waals surface area contributed by atoms with Crippen molar-refractivity contribution in [2.75, 3.05) is 6.61 Å². The number of aromatic hydroxyl groups is 2. The summed E-state index contributed by atoms with van der Waals surface area (Å²) < 4.78 is 0. The third kappa shape index (κ3) is 8.85. The van der Waals surface area contributed by atoms with Gasteiger partial charge in [-0.15, -0.1) is 0 Å². The van der Waals surface area contributed by atoms with E-state index in [1.54, 1.807) is 24.3 Å². The van der Waals surface area contributed by atoms with E-state index < -0.39 is 0 Å². The van der Waals surface area contributed by atoms with Gasteiger partial charge < -0.3 is 15.3 Å². The second-order valence-electron chi connectivity index (χ2n) is 9.28. The van der Waals surface area contributed by atoms with Crippen molar-refractivity contribution in [3.05, 3.63) is 65.2 Å². The van der Waals surface area contributed by atoms with Crippen molar-refractivity contribution in [3.63, 3.8) is 0 Å². The normalized spacial score (nSPS) is 15.4. The van der Waals surface area contributed by atoms with Gasteiger partial charge in [0.25, 0.3) is 0 Å². The van der Waals surface area contributed by atoms with Crippen molar-refractivity contribution >= 4 is 5.57 Å². The molecule has 0 aliphatic heterocycles. The Kier molecular flexibility index (Phi) is 12.7. The van der Waals surface area contributed by atoms with Crippen LogP contribution in [0.4, 0.5) is 0 Å². The van der Waals surface area contributed by atoms with Crippen LogP contribution >= 0.6 is 0 Å². The topological polar surface area (TPSA) is 60.7 Å². The van der Waals surface area contributed by atoms with E-state index in [9.17, 15) is 10.2 Å². The predicted octanol–water partition coefficient (Wildman–Crippen LogP) is 7.59. The predicted molar refractivity (Wildman–Crippen MR) is 133 cm³/mol. The number of aliphatic hydroxyl groups excluding tert-OH is 1. The fourth-order valence-corrected chi connectivity index (χ4v) is 5.09. The summed E-state index contributed by atoms with van der Waals surface area (Å²) >= 11 is 0. The van der Waals surface area contributed by atoms with E-state index in [1.165, 1.54) is 68.9 Å². The van der Waals surface area contributed by atoms with Gasteiger partial charge in [-0.05, 0) is 79.0 Å². The third-order valence-corrected chi connectivity index (χ3v) is 6.84. The van der Waals surface area contributed by atoms with Crippen LogP contribution in [-0.2, 0) is 17.1 Å². The number of unbranched alkanes of at least 4 members (excludes halogenated alkanes) is 2. The largest absolute Gasteiger partial charge is 0.508 e. The zero-order valence-corrected chi connectivity index (χ0v) is 20.9. The van der Waals surface area contributed by atoms with Gasteiger partial charge in [-0.2, -0.15) is 0 Å². The SMILES string of the molecule is C1CCCC1.OCCCCCC(=C(c1ccc(O)cc1)c1ccc(O)cc1)C1CCCC1.[Fe]. The molecular weight excluding hydrogens is 452 g/mol. The maximum Gasteiger partial charge on any atom is 0.115 e. The Hall–Kier alpha value is -1.74. The zero-order chi connectivity index (χ0) is 22.6. The first-order valence-electron chi connectivity index (χ1n) is 12.6. The molecule has 33 heavy (non-hydrogen) atoms. The molecule has 0 unspecified atom stereocenters. The Bertz CT molecular complexity index is 762. The summed E-state index contributed by atoms with van der Waals surface area (Å²) in [5, 5.41) is 28.5. The minimum atomic E-state index is 0. The van der Waals surface area contributed by atoms with Crippen LogP contribution in [0.2, 0.25) is 0 Å². The molecule has 2 aromatic carbocycles. The molecule has 2 saturated carbocycles. The van der Waals surface area contributed by atoms with E-state index >= 15 is 0 Å². The van der Waals surface area contributed by atoms with Gasteiger partial charge in [0.2, 0.25) is 0 Å². The number of hydrogen-bond acceptors (Lipinski definition) is 3. The number of hydrogen-bond donors (Lipinski definition) is 3. The van der Waals surface area contributed by atoms with Crippen molar-refractivity contribution in [2.45, 2.75) is 83.5 Å². The van der Waals surface area contributed by atoms with Crippen molar-refractivity contribution in [1.29, 1.82) is 0 Å². The summed E-state index contributed by atoms with van der Waals surface area (Å²) in [6.07, 6.45) is 16.5. The molecule has 4 heteroatoms. The summed E-state index contributed by atoms with van der Waals surface area (Å²) in [4.78, 5) is 0. The van der Waals surface area contributed by atoms with Gasteiger partial charge in [0.15, 0.2) is 0 Å². The first kappa shape index (κ1) is 27.5. The molecule has 0 bridgehead atoms. The van der Waals surface area contributed by atoms with Gasteiger partial charge >= 0.3 is 0 Å². The summed E-state index contributed by atoms with van der Waals surface area (Å²) in [6, 6.07) is 14.9. The molecule has 0 atom stereocenters. The summed E-state index contributed by atoms with van der Waals surface area (Å²) in [5.74, 6) is 1.14. The van der Waals surface area contributed by atoms with E-state index in [2.05, 4.69) is 0 Å². The second-order valence-corrected chi connectivity index (χ2v) is 9.28. The maximum atomic E-state index is 9.72. The number of phenolic OH excluding ortho intramolecular Hbond substituents is 2. The van der Waals surface area contributed by atoms with Gasteiger partial charge in [-0.25, -0.2) is 0 Å². The molecule has 2 aliphatic rings. The zero-order valence-electron chi connectivity index (χ0n) is 19.8. The van der Waals surface area contributed by atoms with Gasteiger partial charge in [0.05, 0.1) is 0 Å². The van der Waals surface area contributed by atoms with Crippen molar-refractivity contribution in [1.82, 2.24) is 0 Å². The maximum absolute atomic E-state index is 9.72.